The Morgan fingerprint density at radius 1 is 1.30 bits per heavy atom. The normalized spacial score (nSPS) is 12.3. The molecule has 2 N–H and O–H groups in total. The fourth-order valence-corrected chi connectivity index (χ4v) is 2.42. The largest absolute Gasteiger partial charge is 0.441 e. The number of H-pyrrole nitrogens is 1. The molecule has 1 heterocycles. The van der Waals surface area contributed by atoms with E-state index in [1.54, 1.807) is 5.32 Å². The highest BCUT2D eigenvalue weighted by molar-refractivity contribution is 8.00. The third-order valence-electron chi connectivity index (χ3n) is 2.77. The van der Waals surface area contributed by atoms with Crippen molar-refractivity contribution in [1.82, 2.24) is 5.27 Å². The molecule has 0 aliphatic carbocycles. The number of rotatable bonds is 4. The molecule has 1 unspecified atom stereocenters. The van der Waals surface area contributed by atoms with Crippen molar-refractivity contribution in [2.45, 2.75) is 17.2 Å². The van der Waals surface area contributed by atoms with Gasteiger partial charge in [0.2, 0.25) is 5.91 Å². The van der Waals surface area contributed by atoms with Crippen molar-refractivity contribution in [3.05, 3.63) is 39.8 Å². The summed E-state index contributed by atoms with van der Waals surface area (Å²) in [6.45, 7) is 1.33. The monoisotopic (exact) mass is 352 g/mol. The molecule has 2 rings (SSSR count). The number of halogens is 4. The van der Waals surface area contributed by atoms with Gasteiger partial charge in [0.15, 0.2) is 30.3 Å². The molecule has 0 saturated carbocycles. The van der Waals surface area contributed by atoms with Gasteiger partial charge in [-0.3, -0.25) is 9.32 Å². The number of aryl methyl sites for hydroxylation is 1. The molecule has 1 aromatic heterocycles. The third-order valence-corrected chi connectivity index (χ3v) is 4.00. The Balaban J connectivity index is 2.21. The topological polar surface area (TPSA) is 79.0 Å². The van der Waals surface area contributed by atoms with Crippen LogP contribution in [0, 0.1) is 23.3 Å². The Labute approximate surface area is 130 Å². The van der Waals surface area contributed by atoms with Crippen molar-refractivity contribution in [2.24, 2.45) is 7.05 Å². The first-order valence-electron chi connectivity index (χ1n) is 6.10. The van der Waals surface area contributed by atoms with Crippen molar-refractivity contribution >= 4 is 23.4 Å². The van der Waals surface area contributed by atoms with E-state index in [2.05, 4.69) is 9.79 Å². The minimum absolute atomic E-state index is 0.0269. The van der Waals surface area contributed by atoms with Gasteiger partial charge in [-0.1, -0.05) is 4.68 Å². The van der Waals surface area contributed by atoms with E-state index in [1.807, 2.05) is 0 Å². The molecule has 0 aliphatic heterocycles. The fraction of sp³-hybridized carbons (Fsp3) is 0.250. The average molecular weight is 352 g/mol. The van der Waals surface area contributed by atoms with Crippen molar-refractivity contribution in [2.75, 3.05) is 5.32 Å². The number of nitrogens with zero attached hydrogens (tertiary/aromatic N) is 1. The lowest BCUT2D eigenvalue weighted by atomic mass is 10.2. The first-order chi connectivity index (χ1) is 10.7. The Morgan fingerprint density at radius 3 is 2.35 bits per heavy atom. The number of aromatic nitrogens is 2. The zero-order chi connectivity index (χ0) is 17.3. The number of carbonyl (C=O) groups is 1. The van der Waals surface area contributed by atoms with E-state index in [-0.39, 0.29) is 11.1 Å². The first-order valence-corrected chi connectivity index (χ1v) is 6.98. The highest BCUT2D eigenvalue weighted by Crippen LogP contribution is 2.25. The lowest BCUT2D eigenvalue weighted by Crippen LogP contribution is -2.35. The second-order valence-electron chi connectivity index (χ2n) is 4.44. The molecule has 2 aromatic rings. The second kappa shape index (κ2) is 6.44. The predicted molar refractivity (Wildman–Crippen MR) is 70.7 cm³/mol. The summed E-state index contributed by atoms with van der Waals surface area (Å²) in [5, 5.41) is 3.01. The summed E-state index contributed by atoms with van der Waals surface area (Å²) in [6.07, 6.45) is 0. The van der Waals surface area contributed by atoms with Crippen LogP contribution in [0.1, 0.15) is 6.92 Å². The van der Waals surface area contributed by atoms with E-state index in [0.717, 1.165) is 11.8 Å². The summed E-state index contributed by atoms with van der Waals surface area (Å²) in [5.41, 5.74) is -1.98. The number of thioether (sulfide) groups is 1. The maximum Gasteiger partial charge on any atom is 0.441 e. The van der Waals surface area contributed by atoms with Gasteiger partial charge in [0.1, 0.15) is 5.69 Å². The second-order valence-corrected chi connectivity index (χ2v) is 5.77. The van der Waals surface area contributed by atoms with E-state index in [1.165, 1.54) is 18.7 Å². The maximum atomic E-state index is 13.5. The molecule has 0 saturated heterocycles. The number of hydrogen-bond acceptors (Lipinski definition) is 4. The molecule has 0 fully saturated rings. The van der Waals surface area contributed by atoms with Crippen LogP contribution in [-0.4, -0.2) is 16.4 Å². The number of benzene rings is 1. The van der Waals surface area contributed by atoms with Gasteiger partial charge in [0.05, 0.1) is 5.25 Å². The third kappa shape index (κ3) is 3.38. The van der Waals surface area contributed by atoms with Crippen molar-refractivity contribution in [1.29, 1.82) is 0 Å². The number of nitrogens with one attached hydrogen (secondary N) is 2. The van der Waals surface area contributed by atoms with Crippen LogP contribution in [0.5, 0.6) is 0 Å². The maximum absolute atomic E-state index is 13.5. The van der Waals surface area contributed by atoms with Gasteiger partial charge in [-0.25, -0.2) is 22.4 Å². The Kier molecular flexibility index (Phi) is 4.78. The Bertz CT molecular complexity index is 794. The molecular formula is C12H10F4N3O3S+. The van der Waals surface area contributed by atoms with E-state index >= 15 is 0 Å². The van der Waals surface area contributed by atoms with Crippen LogP contribution in [0.15, 0.2) is 20.4 Å². The van der Waals surface area contributed by atoms with Crippen molar-refractivity contribution in [3.8, 4) is 0 Å². The minimum Gasteiger partial charge on any atom is -0.320 e. The molecule has 0 bridgehead atoms. The van der Waals surface area contributed by atoms with E-state index in [0.29, 0.717) is 0 Å². The number of hydrogen-bond donors (Lipinski definition) is 2. The molecule has 1 aromatic carbocycles. The molecule has 1 atom stereocenters. The van der Waals surface area contributed by atoms with Gasteiger partial charge in [-0.15, -0.1) is 0 Å². The predicted octanol–water partition coefficient (Wildman–Crippen LogP) is 1.47. The van der Waals surface area contributed by atoms with Crippen LogP contribution in [0.3, 0.4) is 0 Å². The van der Waals surface area contributed by atoms with Crippen LogP contribution < -0.4 is 15.6 Å². The van der Waals surface area contributed by atoms with Gasteiger partial charge in [-0.2, -0.15) is 0 Å². The zero-order valence-electron chi connectivity index (χ0n) is 11.7. The standard InChI is InChI=1S/C12H9F4N3O3S/c1-4(23-11-12(21)22-18-19(11)2)10(20)17-9-7(15)5(13)3-6(14)8(9)16/h3-4H,1-2H3,(H-,17,18,20,21)/p+1. The number of amides is 1. The molecule has 23 heavy (non-hydrogen) atoms. The van der Waals surface area contributed by atoms with Crippen LogP contribution in [0.25, 0.3) is 0 Å². The lowest BCUT2D eigenvalue weighted by molar-refractivity contribution is -0.772. The van der Waals surface area contributed by atoms with Gasteiger partial charge in [0, 0.05) is 6.07 Å². The van der Waals surface area contributed by atoms with Crippen molar-refractivity contribution in [3.63, 3.8) is 0 Å². The average Bonchev–Trinajstić information content (AvgIpc) is 2.81. The molecule has 0 radical (unpaired) electrons. The molecule has 0 aliphatic rings. The number of carbonyl (C=O) groups excluding carboxylic acids is 1. The summed E-state index contributed by atoms with van der Waals surface area (Å²) in [4.78, 5) is 23.3. The fourth-order valence-electron chi connectivity index (χ4n) is 1.59. The lowest BCUT2D eigenvalue weighted by Gasteiger charge is -2.11. The summed E-state index contributed by atoms with van der Waals surface area (Å²) in [6, 6.07) is 0.0313. The molecule has 0 spiro atoms. The van der Waals surface area contributed by atoms with E-state index in [9.17, 15) is 27.2 Å². The smallest absolute Gasteiger partial charge is 0.320 e. The Morgan fingerprint density at radius 2 is 1.87 bits per heavy atom. The summed E-state index contributed by atoms with van der Waals surface area (Å²) in [7, 11) is 1.44. The highest BCUT2D eigenvalue weighted by Gasteiger charge is 2.28. The van der Waals surface area contributed by atoms with Crippen LogP contribution in [0.4, 0.5) is 23.2 Å². The van der Waals surface area contributed by atoms with Gasteiger partial charge >= 0.3 is 10.7 Å². The summed E-state index contributed by atoms with van der Waals surface area (Å²) < 4.78 is 58.8. The van der Waals surface area contributed by atoms with Crippen molar-refractivity contribution < 1.29 is 31.6 Å². The number of aromatic amines is 1. The molecule has 6 nitrogen and oxygen atoms in total. The minimum atomic E-state index is -1.72. The highest BCUT2D eigenvalue weighted by atomic mass is 32.2. The van der Waals surface area contributed by atoms with Crippen LogP contribution >= 0.6 is 11.8 Å². The van der Waals surface area contributed by atoms with Crippen LogP contribution in [0.2, 0.25) is 0 Å². The van der Waals surface area contributed by atoms with E-state index in [4.69, 9.17) is 0 Å². The Hall–Kier alpha value is -2.30. The molecule has 11 heteroatoms. The summed E-state index contributed by atoms with van der Waals surface area (Å²) >= 11 is 0.732. The molecular weight excluding hydrogens is 342 g/mol. The van der Waals surface area contributed by atoms with Gasteiger partial charge < -0.3 is 5.32 Å². The molecule has 124 valence electrons. The molecule has 1 amide bonds. The van der Waals surface area contributed by atoms with Gasteiger partial charge in [-0.05, 0) is 24.0 Å². The van der Waals surface area contributed by atoms with Gasteiger partial charge in [0.25, 0.3) is 0 Å². The summed E-state index contributed by atoms with van der Waals surface area (Å²) in [5.74, 6) is -7.69. The van der Waals surface area contributed by atoms with Crippen LogP contribution in [-0.2, 0) is 11.8 Å². The number of anilines is 1. The zero-order valence-corrected chi connectivity index (χ0v) is 12.6. The quantitative estimate of drug-likeness (QED) is 0.378. The van der Waals surface area contributed by atoms with E-state index < -0.39 is 45.7 Å². The SMILES string of the molecule is CC(Sc1c(=O)o[nH][n+]1C)C(=O)Nc1c(F)c(F)cc(F)c1F. The first kappa shape index (κ1) is 17.1.